The molecule has 0 fully saturated rings. The average molecular weight is 341 g/mol. The minimum absolute atomic E-state index is 0.151. The molecule has 128 valence electrons. The van der Waals surface area contributed by atoms with Crippen LogP contribution in [-0.4, -0.2) is 40.0 Å². The van der Waals surface area contributed by atoms with E-state index in [9.17, 15) is 14.5 Å². The topological polar surface area (TPSA) is 86.9 Å². The number of nitrogens with zero attached hydrogens (tertiary/aromatic N) is 2. The first-order chi connectivity index (χ1) is 12.0. The van der Waals surface area contributed by atoms with Gasteiger partial charge < -0.3 is 4.74 Å². The molecule has 0 saturated heterocycles. The monoisotopic (exact) mass is 341 g/mol. The number of amides is 2. The number of hydrogen-bond donors (Lipinski definition) is 1. The number of aryl methyl sites for hydroxylation is 1. The van der Waals surface area contributed by atoms with Gasteiger partial charge in [0.1, 0.15) is 5.75 Å². The molecule has 0 spiro atoms. The molecular weight excluding hydrogens is 324 g/mol. The second kappa shape index (κ2) is 6.72. The van der Waals surface area contributed by atoms with E-state index in [-0.39, 0.29) is 29.0 Å². The Balaban J connectivity index is 1.54. The summed E-state index contributed by atoms with van der Waals surface area (Å²) in [5, 5.41) is 8.92. The number of carbonyl (C=O) groups excluding carboxylic acids is 2. The number of rotatable bonds is 6. The van der Waals surface area contributed by atoms with Crippen molar-refractivity contribution in [3.05, 3.63) is 64.1 Å². The number of imide groups is 1. The third-order valence-corrected chi connectivity index (χ3v) is 4.05. The third kappa shape index (κ3) is 3.21. The van der Waals surface area contributed by atoms with E-state index in [1.807, 2.05) is 0 Å². The number of fused-ring (bicyclic) bond motifs is 1. The lowest BCUT2D eigenvalue weighted by Crippen LogP contribution is -2.31. The Morgan fingerprint density at radius 2 is 1.72 bits per heavy atom. The van der Waals surface area contributed by atoms with Crippen LogP contribution in [0.5, 0.6) is 5.75 Å². The van der Waals surface area contributed by atoms with E-state index < -0.39 is 0 Å². The number of benzene rings is 2. The van der Waals surface area contributed by atoms with E-state index >= 15 is 0 Å². The summed E-state index contributed by atoms with van der Waals surface area (Å²) >= 11 is 0. The predicted molar refractivity (Wildman–Crippen MR) is 88.2 cm³/mol. The van der Waals surface area contributed by atoms with Crippen molar-refractivity contribution < 1.29 is 24.5 Å². The molecule has 2 aromatic carbocycles. The van der Waals surface area contributed by atoms with Crippen LogP contribution >= 0.6 is 0 Å². The van der Waals surface area contributed by atoms with Crippen molar-refractivity contribution in [3.8, 4) is 5.75 Å². The second-order valence-electron chi connectivity index (χ2n) is 5.73. The maximum atomic E-state index is 12.2. The third-order valence-electron chi connectivity index (χ3n) is 4.05. The molecule has 7 heteroatoms. The first-order valence-electron chi connectivity index (χ1n) is 7.84. The van der Waals surface area contributed by atoms with E-state index in [4.69, 9.17) is 9.94 Å². The average Bonchev–Trinajstić information content (AvgIpc) is 2.83. The molecule has 0 aliphatic carbocycles. The van der Waals surface area contributed by atoms with Crippen molar-refractivity contribution in [2.75, 3.05) is 13.2 Å². The van der Waals surface area contributed by atoms with E-state index in [0.717, 1.165) is 0 Å². The molecular formula is C18H17N2O5+. The summed E-state index contributed by atoms with van der Waals surface area (Å²) in [6.07, 6.45) is 0.486. The molecule has 2 amide bonds. The summed E-state index contributed by atoms with van der Waals surface area (Å²) in [5.74, 6) is -0.0102. The quantitative estimate of drug-likeness (QED) is 0.496. The van der Waals surface area contributed by atoms with E-state index in [2.05, 4.69) is 0 Å². The van der Waals surface area contributed by atoms with Crippen LogP contribution in [0.25, 0.3) is 0 Å². The summed E-state index contributed by atoms with van der Waals surface area (Å²) in [7, 11) is 0. The van der Waals surface area contributed by atoms with Crippen LogP contribution in [0.4, 0.5) is 5.69 Å². The number of ether oxygens (including phenoxy) is 1. The van der Waals surface area contributed by atoms with Crippen molar-refractivity contribution in [1.29, 1.82) is 0 Å². The maximum absolute atomic E-state index is 12.2. The van der Waals surface area contributed by atoms with E-state index in [1.54, 1.807) is 43.3 Å². The molecule has 1 heterocycles. The zero-order chi connectivity index (χ0) is 18.0. The van der Waals surface area contributed by atoms with Crippen LogP contribution in [0, 0.1) is 11.8 Å². The summed E-state index contributed by atoms with van der Waals surface area (Å²) in [5.41, 5.74) is 1.60. The van der Waals surface area contributed by atoms with Gasteiger partial charge in [-0.2, -0.15) is 0 Å². The molecule has 0 bridgehead atoms. The minimum atomic E-state index is -0.278. The maximum Gasteiger partial charge on any atom is 0.319 e. The Morgan fingerprint density at radius 1 is 1.08 bits per heavy atom. The van der Waals surface area contributed by atoms with Crippen LogP contribution in [0.3, 0.4) is 0 Å². The zero-order valence-electron chi connectivity index (χ0n) is 13.6. The number of hydrogen-bond acceptors (Lipinski definition) is 4. The van der Waals surface area contributed by atoms with Gasteiger partial charge in [-0.05, 0) is 37.6 Å². The molecule has 0 atom stereocenters. The smallest absolute Gasteiger partial charge is 0.319 e. The molecule has 0 radical (unpaired) electrons. The summed E-state index contributed by atoms with van der Waals surface area (Å²) in [6.45, 7) is 2.27. The highest BCUT2D eigenvalue weighted by molar-refractivity contribution is 6.21. The van der Waals surface area contributed by atoms with Crippen LogP contribution < -0.4 is 4.74 Å². The minimum Gasteiger partial charge on any atom is -0.494 e. The van der Waals surface area contributed by atoms with Gasteiger partial charge >= 0.3 is 5.69 Å². The van der Waals surface area contributed by atoms with Crippen LogP contribution in [0.2, 0.25) is 0 Å². The molecule has 25 heavy (non-hydrogen) atoms. The van der Waals surface area contributed by atoms with Crippen molar-refractivity contribution in [3.63, 3.8) is 0 Å². The largest absolute Gasteiger partial charge is 0.494 e. The number of carbonyl (C=O) groups is 2. The van der Waals surface area contributed by atoms with Crippen molar-refractivity contribution in [2.45, 2.75) is 13.3 Å². The van der Waals surface area contributed by atoms with Gasteiger partial charge in [0.05, 0.1) is 22.6 Å². The van der Waals surface area contributed by atoms with Gasteiger partial charge in [-0.25, -0.2) is 5.21 Å². The molecule has 7 nitrogen and oxygen atoms in total. The lowest BCUT2D eigenvalue weighted by molar-refractivity contribution is -0.730. The fraction of sp³-hybridized carbons (Fsp3) is 0.222. The molecule has 3 rings (SSSR count). The van der Waals surface area contributed by atoms with Gasteiger partial charge in [-0.15, -0.1) is 0 Å². The molecule has 0 aromatic heterocycles. The molecule has 0 unspecified atom stereocenters. The lowest BCUT2D eigenvalue weighted by atomic mass is 10.1. The Bertz CT molecular complexity index is 827. The van der Waals surface area contributed by atoms with E-state index in [1.165, 1.54) is 11.0 Å². The highest BCUT2D eigenvalue weighted by Gasteiger charge is 2.34. The van der Waals surface area contributed by atoms with Crippen LogP contribution in [-0.2, 0) is 0 Å². The highest BCUT2D eigenvalue weighted by atomic mass is 16.6. The van der Waals surface area contributed by atoms with Gasteiger partial charge in [0, 0.05) is 18.2 Å². The zero-order valence-corrected chi connectivity index (χ0v) is 13.6. The Hall–Kier alpha value is -3.22. The molecule has 2 aromatic rings. The fourth-order valence-corrected chi connectivity index (χ4v) is 2.79. The van der Waals surface area contributed by atoms with Gasteiger partial charge in [0.2, 0.25) is 0 Å². The van der Waals surface area contributed by atoms with Gasteiger partial charge in [0.25, 0.3) is 16.7 Å². The molecule has 0 saturated carbocycles. The van der Waals surface area contributed by atoms with Gasteiger partial charge in [-0.3, -0.25) is 14.5 Å². The standard InChI is InChI=1S/C18H17N2O5/c1-12-11-13(7-8-16(12)20(23)24)25-10-4-9-19-17(21)14-5-2-3-6-15(14)18(19)22/h2-3,5-8,11H,4,9-10H2,1H3,(H,23,24)/q+1. The fourth-order valence-electron chi connectivity index (χ4n) is 2.79. The van der Waals surface area contributed by atoms with Crippen LogP contribution in [0.1, 0.15) is 32.7 Å². The summed E-state index contributed by atoms with van der Waals surface area (Å²) < 4.78 is 5.58. The SMILES string of the molecule is Cc1cc(OCCCN2C(=O)c3ccccc3C2=O)ccc1[N+](=O)O. The Labute approximate surface area is 144 Å². The second-order valence-corrected chi connectivity index (χ2v) is 5.73. The van der Waals surface area contributed by atoms with Crippen molar-refractivity contribution in [2.24, 2.45) is 0 Å². The molecule has 1 aliphatic rings. The normalized spacial score (nSPS) is 13.1. The summed E-state index contributed by atoms with van der Waals surface area (Å²) in [4.78, 5) is 36.4. The van der Waals surface area contributed by atoms with Gasteiger partial charge in [0.15, 0.2) is 0 Å². The first-order valence-corrected chi connectivity index (χ1v) is 7.84. The Kier molecular flexibility index (Phi) is 4.47. The Morgan fingerprint density at radius 3 is 2.28 bits per heavy atom. The predicted octanol–water partition coefficient (Wildman–Crippen LogP) is 2.86. The van der Waals surface area contributed by atoms with Crippen LogP contribution in [0.15, 0.2) is 42.5 Å². The first kappa shape index (κ1) is 16.6. The van der Waals surface area contributed by atoms with E-state index in [0.29, 0.717) is 35.5 Å². The summed E-state index contributed by atoms with van der Waals surface area (Å²) in [6, 6.07) is 11.4. The molecule has 1 aliphatic heterocycles. The van der Waals surface area contributed by atoms with Crippen molar-refractivity contribution >= 4 is 17.5 Å². The van der Waals surface area contributed by atoms with Gasteiger partial charge in [-0.1, -0.05) is 12.1 Å². The lowest BCUT2D eigenvalue weighted by Gasteiger charge is -2.14. The highest BCUT2D eigenvalue weighted by Crippen LogP contribution is 2.24. The molecule has 1 N–H and O–H groups in total. The van der Waals surface area contributed by atoms with Crippen molar-refractivity contribution in [1.82, 2.24) is 4.90 Å².